The molecule has 0 saturated heterocycles. The lowest BCUT2D eigenvalue weighted by Crippen LogP contribution is -2.40. The largest absolute Gasteiger partial charge is 0.481 e. The first-order valence-corrected chi connectivity index (χ1v) is 8.16. The maximum absolute atomic E-state index is 11.9. The van der Waals surface area contributed by atoms with Gasteiger partial charge in [-0.2, -0.15) is 0 Å². The molecule has 0 aliphatic rings. The Morgan fingerprint density at radius 2 is 1.82 bits per heavy atom. The molecule has 0 aromatic heterocycles. The molecule has 0 spiro atoms. The van der Waals surface area contributed by atoms with E-state index in [-0.39, 0.29) is 31.0 Å². The lowest BCUT2D eigenvalue weighted by Gasteiger charge is -2.09. The number of hydrogen-bond acceptors (Lipinski definition) is 4. The number of hydrogen-bond donors (Lipinski definition) is 4. The number of amides is 2. The molecule has 4 N–H and O–H groups in total. The fraction of sp³-hybridized carbons (Fsp3) is 0.333. The summed E-state index contributed by atoms with van der Waals surface area (Å²) in [5.41, 5.74) is 0. The van der Waals surface area contributed by atoms with Gasteiger partial charge in [0.1, 0.15) is 0 Å². The number of aliphatic carboxylic acids is 1. The number of nitrogens with one attached hydrogen (secondary N) is 3. The van der Waals surface area contributed by atoms with E-state index >= 15 is 0 Å². The van der Waals surface area contributed by atoms with Gasteiger partial charge in [0.2, 0.25) is 10.0 Å². The molecule has 0 unspecified atom stereocenters. The summed E-state index contributed by atoms with van der Waals surface area (Å²) in [5, 5.41) is 13.4. The van der Waals surface area contributed by atoms with Gasteiger partial charge in [-0.05, 0) is 18.2 Å². The molecular formula is C12H16ClN3O5S. The second-order valence-corrected chi connectivity index (χ2v) is 6.38. The number of benzene rings is 1. The number of carbonyl (C=O) groups is 2. The smallest absolute Gasteiger partial charge is 0.314 e. The summed E-state index contributed by atoms with van der Waals surface area (Å²) in [6.07, 6.45) is -0.186. The zero-order valence-electron chi connectivity index (χ0n) is 11.5. The molecule has 1 aromatic rings. The van der Waals surface area contributed by atoms with Crippen LogP contribution in [-0.4, -0.2) is 45.2 Å². The maximum Gasteiger partial charge on any atom is 0.314 e. The number of rotatable bonds is 8. The number of carboxylic acids is 1. The van der Waals surface area contributed by atoms with E-state index in [4.69, 9.17) is 16.7 Å². The molecule has 0 heterocycles. The van der Waals surface area contributed by atoms with Crippen LogP contribution in [0.15, 0.2) is 29.2 Å². The Balaban J connectivity index is 2.32. The van der Waals surface area contributed by atoms with Crippen molar-refractivity contribution in [2.24, 2.45) is 0 Å². The van der Waals surface area contributed by atoms with Crippen molar-refractivity contribution < 1.29 is 23.1 Å². The highest BCUT2D eigenvalue weighted by Gasteiger charge is 2.13. The first kappa shape index (κ1) is 18.2. The van der Waals surface area contributed by atoms with Crippen molar-refractivity contribution in [1.82, 2.24) is 15.4 Å². The second kappa shape index (κ2) is 8.57. The molecule has 22 heavy (non-hydrogen) atoms. The van der Waals surface area contributed by atoms with Crippen molar-refractivity contribution in [1.29, 1.82) is 0 Å². The van der Waals surface area contributed by atoms with Crippen molar-refractivity contribution in [3.63, 3.8) is 0 Å². The minimum atomic E-state index is -3.69. The van der Waals surface area contributed by atoms with Gasteiger partial charge < -0.3 is 15.7 Å². The van der Waals surface area contributed by atoms with Gasteiger partial charge in [0.25, 0.3) is 0 Å². The molecule has 1 rings (SSSR count). The first-order chi connectivity index (χ1) is 10.3. The minimum Gasteiger partial charge on any atom is -0.481 e. The zero-order chi connectivity index (χ0) is 16.6. The van der Waals surface area contributed by atoms with Crippen LogP contribution in [0.2, 0.25) is 5.02 Å². The fourth-order valence-electron chi connectivity index (χ4n) is 1.42. The van der Waals surface area contributed by atoms with E-state index in [0.717, 1.165) is 0 Å². The molecule has 0 fully saturated rings. The van der Waals surface area contributed by atoms with E-state index < -0.39 is 22.0 Å². The molecule has 8 nitrogen and oxygen atoms in total. The standard InChI is InChI=1S/C12H16ClN3O5S/c13-9-2-1-3-10(8-9)22(20,21)16-7-6-15-12(19)14-5-4-11(17)18/h1-3,8,16H,4-7H2,(H,17,18)(H2,14,15,19). The summed E-state index contributed by atoms with van der Waals surface area (Å²) < 4.78 is 26.1. The first-order valence-electron chi connectivity index (χ1n) is 6.30. The van der Waals surface area contributed by atoms with Crippen LogP contribution in [0.5, 0.6) is 0 Å². The van der Waals surface area contributed by atoms with E-state index in [0.29, 0.717) is 5.02 Å². The van der Waals surface area contributed by atoms with Crippen LogP contribution in [0.3, 0.4) is 0 Å². The summed E-state index contributed by atoms with van der Waals surface area (Å²) >= 11 is 5.73. The summed E-state index contributed by atoms with van der Waals surface area (Å²) in [5.74, 6) is -1.02. The SMILES string of the molecule is O=C(O)CCNC(=O)NCCNS(=O)(=O)c1cccc(Cl)c1. The Kier molecular flexibility index (Phi) is 7.09. The third kappa shape index (κ3) is 6.74. The molecule has 0 bridgehead atoms. The van der Waals surface area contributed by atoms with Crippen LogP contribution in [-0.2, 0) is 14.8 Å². The van der Waals surface area contributed by atoms with Crippen LogP contribution in [0.4, 0.5) is 4.79 Å². The van der Waals surface area contributed by atoms with Gasteiger partial charge in [0.15, 0.2) is 0 Å². The second-order valence-electron chi connectivity index (χ2n) is 4.18. The Hall–Kier alpha value is -1.84. The highest BCUT2D eigenvalue weighted by Crippen LogP contribution is 2.14. The summed E-state index contributed by atoms with van der Waals surface area (Å²) in [4.78, 5) is 21.5. The van der Waals surface area contributed by atoms with E-state index in [2.05, 4.69) is 15.4 Å². The number of carboxylic acid groups (broad SMARTS) is 1. The molecular weight excluding hydrogens is 334 g/mol. The molecule has 0 radical (unpaired) electrons. The Morgan fingerprint density at radius 3 is 2.45 bits per heavy atom. The molecule has 2 amide bonds. The lowest BCUT2D eigenvalue weighted by atomic mass is 10.4. The van der Waals surface area contributed by atoms with E-state index in [1.807, 2.05) is 0 Å². The highest BCUT2D eigenvalue weighted by molar-refractivity contribution is 7.89. The van der Waals surface area contributed by atoms with Gasteiger partial charge in [0.05, 0.1) is 11.3 Å². The molecule has 0 aliphatic carbocycles. The van der Waals surface area contributed by atoms with Gasteiger partial charge in [0, 0.05) is 24.7 Å². The third-order valence-electron chi connectivity index (χ3n) is 2.43. The molecule has 0 atom stereocenters. The van der Waals surface area contributed by atoms with Crippen molar-refractivity contribution >= 4 is 33.6 Å². The zero-order valence-corrected chi connectivity index (χ0v) is 13.1. The normalized spacial score (nSPS) is 11.0. The summed E-state index contributed by atoms with van der Waals surface area (Å²) in [6, 6.07) is 5.23. The average Bonchev–Trinajstić information content (AvgIpc) is 2.43. The average molecular weight is 350 g/mol. The van der Waals surface area contributed by atoms with Crippen molar-refractivity contribution in [2.75, 3.05) is 19.6 Å². The summed E-state index contributed by atoms with van der Waals surface area (Å²) in [6.45, 7) is 0.0370. The number of sulfonamides is 1. The molecule has 1 aromatic carbocycles. The van der Waals surface area contributed by atoms with Crippen molar-refractivity contribution in [3.8, 4) is 0 Å². The topological polar surface area (TPSA) is 125 Å². The number of halogens is 1. The van der Waals surface area contributed by atoms with Gasteiger partial charge in [-0.1, -0.05) is 17.7 Å². The van der Waals surface area contributed by atoms with Crippen LogP contribution in [0, 0.1) is 0 Å². The Morgan fingerprint density at radius 1 is 1.14 bits per heavy atom. The molecule has 10 heteroatoms. The predicted octanol–water partition coefficient (Wildman–Crippen LogP) is 0.392. The van der Waals surface area contributed by atoms with Crippen LogP contribution >= 0.6 is 11.6 Å². The van der Waals surface area contributed by atoms with E-state index in [1.165, 1.54) is 18.2 Å². The predicted molar refractivity (Wildman–Crippen MR) is 80.3 cm³/mol. The molecule has 0 saturated carbocycles. The van der Waals surface area contributed by atoms with Crippen LogP contribution < -0.4 is 15.4 Å². The summed E-state index contributed by atoms with van der Waals surface area (Å²) in [7, 11) is -3.69. The van der Waals surface area contributed by atoms with Gasteiger partial charge in [-0.3, -0.25) is 4.79 Å². The number of urea groups is 1. The van der Waals surface area contributed by atoms with Crippen molar-refractivity contribution in [3.05, 3.63) is 29.3 Å². The molecule has 0 aliphatic heterocycles. The Labute approximate surface area is 132 Å². The number of carbonyl (C=O) groups excluding carboxylic acids is 1. The van der Waals surface area contributed by atoms with E-state index in [1.54, 1.807) is 6.07 Å². The Bertz CT molecular complexity index is 635. The maximum atomic E-state index is 11.9. The van der Waals surface area contributed by atoms with E-state index in [9.17, 15) is 18.0 Å². The van der Waals surface area contributed by atoms with Gasteiger partial charge in [-0.25, -0.2) is 17.9 Å². The van der Waals surface area contributed by atoms with Crippen molar-refractivity contribution in [2.45, 2.75) is 11.3 Å². The monoisotopic (exact) mass is 349 g/mol. The van der Waals surface area contributed by atoms with Crippen LogP contribution in [0.1, 0.15) is 6.42 Å². The van der Waals surface area contributed by atoms with Gasteiger partial charge >= 0.3 is 12.0 Å². The third-order valence-corrected chi connectivity index (χ3v) is 4.13. The molecule has 122 valence electrons. The van der Waals surface area contributed by atoms with Crippen LogP contribution in [0.25, 0.3) is 0 Å². The lowest BCUT2D eigenvalue weighted by molar-refractivity contribution is -0.136. The quantitative estimate of drug-likeness (QED) is 0.505. The minimum absolute atomic E-state index is 0.00456. The fourth-order valence-corrected chi connectivity index (χ4v) is 2.76. The van der Waals surface area contributed by atoms with Gasteiger partial charge in [-0.15, -0.1) is 0 Å². The highest BCUT2D eigenvalue weighted by atomic mass is 35.5.